The molecule has 1 heterocycles. The van der Waals surface area contributed by atoms with Gasteiger partial charge in [0.05, 0.1) is 24.0 Å². The maximum absolute atomic E-state index is 12.1. The first-order valence-electron chi connectivity index (χ1n) is 7.19. The lowest BCUT2D eigenvalue weighted by Gasteiger charge is -2.16. The molecule has 0 radical (unpaired) electrons. The van der Waals surface area contributed by atoms with Gasteiger partial charge in [0.2, 0.25) is 0 Å². The van der Waals surface area contributed by atoms with Crippen LogP contribution in [0, 0.1) is 11.3 Å². The van der Waals surface area contributed by atoms with E-state index >= 15 is 0 Å². The number of nitriles is 1. The number of carbonyl (C=O) groups is 1. The molecule has 5 heteroatoms. The predicted octanol–water partition coefficient (Wildman–Crippen LogP) is 2.84. The number of carbonyl (C=O) groups excluding carboxylic acids is 1. The third-order valence-electron chi connectivity index (χ3n) is 3.75. The molecule has 0 spiro atoms. The van der Waals surface area contributed by atoms with Crippen molar-refractivity contribution in [1.29, 1.82) is 5.26 Å². The quantitative estimate of drug-likeness (QED) is 0.880. The first kappa shape index (κ1) is 15.6. The maximum Gasteiger partial charge on any atom is 0.357 e. The number of aryl methyl sites for hydroxylation is 2. The number of hydrogen-bond acceptors (Lipinski definition) is 4. The molecule has 0 fully saturated rings. The molecule has 0 aliphatic carbocycles. The lowest BCUT2D eigenvalue weighted by molar-refractivity contribution is 0.0593. The molecule has 0 aliphatic rings. The van der Waals surface area contributed by atoms with Gasteiger partial charge >= 0.3 is 5.97 Å². The summed E-state index contributed by atoms with van der Waals surface area (Å²) in [7, 11) is 1.30. The van der Waals surface area contributed by atoms with Gasteiger partial charge in [-0.3, -0.25) is 0 Å². The van der Waals surface area contributed by atoms with Crippen molar-refractivity contribution in [3.63, 3.8) is 0 Å². The van der Waals surface area contributed by atoms with Crippen LogP contribution < -0.4 is 5.73 Å². The SMILES string of the molecule is CCc1cccc(CC)c1-n1cc(C#N)c(N)c1C(=O)OC. The van der Waals surface area contributed by atoms with Gasteiger partial charge in [-0.1, -0.05) is 32.0 Å². The monoisotopic (exact) mass is 297 g/mol. The molecule has 0 aliphatic heterocycles. The molecule has 114 valence electrons. The Bertz CT molecular complexity index is 732. The van der Waals surface area contributed by atoms with Crippen LogP contribution in [0.5, 0.6) is 0 Å². The van der Waals surface area contributed by atoms with Crippen LogP contribution in [0.15, 0.2) is 24.4 Å². The average molecular weight is 297 g/mol. The van der Waals surface area contributed by atoms with E-state index in [9.17, 15) is 10.1 Å². The normalized spacial score (nSPS) is 10.3. The second-order valence-electron chi connectivity index (χ2n) is 4.91. The maximum atomic E-state index is 12.1. The van der Waals surface area contributed by atoms with E-state index in [1.165, 1.54) is 7.11 Å². The first-order chi connectivity index (χ1) is 10.6. The minimum atomic E-state index is -0.549. The number of hydrogen-bond donors (Lipinski definition) is 1. The number of para-hydroxylation sites is 1. The Morgan fingerprint density at radius 3 is 2.36 bits per heavy atom. The number of aromatic nitrogens is 1. The smallest absolute Gasteiger partial charge is 0.357 e. The zero-order valence-electron chi connectivity index (χ0n) is 13.0. The van der Waals surface area contributed by atoms with Crippen LogP contribution in [0.4, 0.5) is 5.69 Å². The molecule has 1 aromatic carbocycles. The summed E-state index contributed by atoms with van der Waals surface area (Å²) in [5.74, 6) is -0.549. The van der Waals surface area contributed by atoms with E-state index in [1.807, 2.05) is 38.1 Å². The number of methoxy groups -OCH3 is 1. The van der Waals surface area contributed by atoms with Gasteiger partial charge in [0.25, 0.3) is 0 Å². The van der Waals surface area contributed by atoms with Crippen molar-refractivity contribution in [2.24, 2.45) is 0 Å². The molecule has 0 unspecified atom stereocenters. The van der Waals surface area contributed by atoms with E-state index in [-0.39, 0.29) is 16.9 Å². The average Bonchev–Trinajstić information content (AvgIpc) is 2.89. The zero-order valence-corrected chi connectivity index (χ0v) is 13.0. The van der Waals surface area contributed by atoms with E-state index in [1.54, 1.807) is 10.8 Å². The molecular formula is C17H19N3O2. The van der Waals surface area contributed by atoms with Gasteiger partial charge in [0, 0.05) is 6.20 Å². The topological polar surface area (TPSA) is 81.0 Å². The number of esters is 1. The molecule has 2 rings (SSSR count). The highest BCUT2D eigenvalue weighted by molar-refractivity contribution is 5.96. The van der Waals surface area contributed by atoms with Crippen LogP contribution in [0.25, 0.3) is 5.69 Å². The van der Waals surface area contributed by atoms with Gasteiger partial charge in [-0.15, -0.1) is 0 Å². The molecular weight excluding hydrogens is 278 g/mol. The van der Waals surface area contributed by atoms with Crippen LogP contribution in [-0.4, -0.2) is 17.6 Å². The van der Waals surface area contributed by atoms with Crippen LogP contribution in [0.2, 0.25) is 0 Å². The first-order valence-corrected chi connectivity index (χ1v) is 7.19. The van der Waals surface area contributed by atoms with E-state index in [0.29, 0.717) is 0 Å². The van der Waals surface area contributed by atoms with E-state index in [0.717, 1.165) is 29.7 Å². The standard InChI is InChI=1S/C17H19N3O2/c1-4-11-7-6-8-12(5-2)15(11)20-10-13(9-18)14(19)16(20)17(21)22-3/h6-8,10H,4-5,19H2,1-3H3. The summed E-state index contributed by atoms with van der Waals surface area (Å²) in [6, 6.07) is 8.05. The summed E-state index contributed by atoms with van der Waals surface area (Å²) in [5.41, 5.74) is 9.68. The fourth-order valence-corrected chi connectivity index (χ4v) is 2.62. The zero-order chi connectivity index (χ0) is 16.3. The van der Waals surface area contributed by atoms with E-state index < -0.39 is 5.97 Å². The predicted molar refractivity (Wildman–Crippen MR) is 85.0 cm³/mol. The molecule has 5 nitrogen and oxygen atoms in total. The molecule has 0 atom stereocenters. The Morgan fingerprint density at radius 2 is 1.91 bits per heavy atom. The van der Waals surface area contributed by atoms with Crippen molar-refractivity contribution < 1.29 is 9.53 Å². The number of rotatable bonds is 4. The van der Waals surface area contributed by atoms with E-state index in [4.69, 9.17) is 10.5 Å². The minimum absolute atomic E-state index is 0.155. The van der Waals surface area contributed by atoms with Crippen LogP contribution in [0.1, 0.15) is 41.0 Å². The fourth-order valence-electron chi connectivity index (χ4n) is 2.62. The number of nitrogen functional groups attached to an aromatic ring is 1. The molecule has 0 saturated heterocycles. The van der Waals surface area contributed by atoms with Gasteiger partial charge < -0.3 is 15.0 Å². The Kier molecular flexibility index (Phi) is 4.52. The molecule has 2 aromatic rings. The highest BCUT2D eigenvalue weighted by Gasteiger charge is 2.23. The summed E-state index contributed by atoms with van der Waals surface area (Å²) in [6.45, 7) is 4.10. The lowest BCUT2D eigenvalue weighted by Crippen LogP contribution is -2.13. The summed E-state index contributed by atoms with van der Waals surface area (Å²) in [4.78, 5) is 12.1. The number of nitrogens with zero attached hydrogens (tertiary/aromatic N) is 2. The summed E-state index contributed by atoms with van der Waals surface area (Å²) in [5, 5.41) is 9.22. The summed E-state index contributed by atoms with van der Waals surface area (Å²) < 4.78 is 6.53. The molecule has 1 aromatic heterocycles. The Labute approximate surface area is 129 Å². The van der Waals surface area contributed by atoms with Crippen molar-refractivity contribution in [3.05, 3.63) is 46.8 Å². The number of nitrogens with two attached hydrogens (primary N) is 1. The highest BCUT2D eigenvalue weighted by atomic mass is 16.5. The van der Waals surface area contributed by atoms with Crippen molar-refractivity contribution >= 4 is 11.7 Å². The van der Waals surface area contributed by atoms with Crippen molar-refractivity contribution in [2.75, 3.05) is 12.8 Å². The van der Waals surface area contributed by atoms with Gasteiger partial charge in [-0.25, -0.2) is 4.79 Å². The summed E-state index contributed by atoms with van der Waals surface area (Å²) in [6.07, 6.45) is 3.22. The Balaban J connectivity index is 2.84. The van der Waals surface area contributed by atoms with Crippen molar-refractivity contribution in [3.8, 4) is 11.8 Å². The fraction of sp³-hybridized carbons (Fsp3) is 0.294. The molecule has 22 heavy (non-hydrogen) atoms. The minimum Gasteiger partial charge on any atom is -0.464 e. The third-order valence-corrected chi connectivity index (χ3v) is 3.75. The molecule has 2 N–H and O–H groups in total. The van der Waals surface area contributed by atoms with Gasteiger partial charge in [-0.05, 0) is 24.0 Å². The van der Waals surface area contributed by atoms with Gasteiger partial charge in [0.1, 0.15) is 6.07 Å². The van der Waals surface area contributed by atoms with Crippen LogP contribution in [-0.2, 0) is 17.6 Å². The Hall–Kier alpha value is -2.74. The largest absolute Gasteiger partial charge is 0.464 e. The molecule has 0 bridgehead atoms. The van der Waals surface area contributed by atoms with Crippen molar-refractivity contribution in [1.82, 2.24) is 4.57 Å². The van der Waals surface area contributed by atoms with Gasteiger partial charge in [-0.2, -0.15) is 5.26 Å². The number of benzene rings is 1. The van der Waals surface area contributed by atoms with Crippen LogP contribution >= 0.6 is 0 Å². The Morgan fingerprint density at radius 1 is 1.32 bits per heavy atom. The second kappa shape index (κ2) is 6.35. The molecule has 0 saturated carbocycles. The lowest BCUT2D eigenvalue weighted by atomic mass is 10.0. The van der Waals surface area contributed by atoms with Crippen LogP contribution in [0.3, 0.4) is 0 Å². The van der Waals surface area contributed by atoms with Crippen molar-refractivity contribution in [2.45, 2.75) is 26.7 Å². The number of anilines is 1. The summed E-state index contributed by atoms with van der Waals surface area (Å²) >= 11 is 0. The van der Waals surface area contributed by atoms with Gasteiger partial charge in [0.15, 0.2) is 5.69 Å². The second-order valence-corrected chi connectivity index (χ2v) is 4.91. The third kappa shape index (κ3) is 2.44. The highest BCUT2D eigenvalue weighted by Crippen LogP contribution is 2.29. The molecule has 0 amide bonds. The number of ether oxygens (including phenoxy) is 1. The van der Waals surface area contributed by atoms with E-state index in [2.05, 4.69) is 0 Å².